The predicted octanol–water partition coefficient (Wildman–Crippen LogP) is 3.45. The Hall–Kier alpha value is -1.78. The van der Waals surface area contributed by atoms with Gasteiger partial charge in [-0.05, 0) is 19.3 Å². The smallest absolute Gasteiger partial charge is 0.275 e. The average Bonchev–Trinajstić information content (AvgIpc) is 2.28. The second kappa shape index (κ2) is 6.83. The molecule has 1 aromatic carbocycles. The van der Waals surface area contributed by atoms with Crippen LogP contribution >= 0.6 is 0 Å². The second-order valence-corrected chi connectivity index (χ2v) is 4.52. The molecule has 100 valence electrons. The van der Waals surface area contributed by atoms with Gasteiger partial charge < -0.3 is 10.1 Å². The molecular formula is C13H20N2O3. The van der Waals surface area contributed by atoms with E-state index < -0.39 is 4.92 Å². The Labute approximate surface area is 107 Å². The van der Waals surface area contributed by atoms with Crippen molar-refractivity contribution in [3.8, 4) is 5.75 Å². The van der Waals surface area contributed by atoms with E-state index in [-0.39, 0.29) is 5.69 Å². The number of benzene rings is 1. The third-order valence-electron chi connectivity index (χ3n) is 2.46. The van der Waals surface area contributed by atoms with Crippen molar-refractivity contribution in [3.63, 3.8) is 0 Å². The fourth-order valence-corrected chi connectivity index (χ4v) is 1.55. The highest BCUT2D eigenvalue weighted by molar-refractivity contribution is 5.56. The Balaban J connectivity index is 2.79. The molecule has 0 aliphatic rings. The van der Waals surface area contributed by atoms with Gasteiger partial charge in [0.05, 0.1) is 17.6 Å². The molecule has 0 bridgehead atoms. The molecule has 18 heavy (non-hydrogen) atoms. The summed E-state index contributed by atoms with van der Waals surface area (Å²) in [5.41, 5.74) is 0.779. The lowest BCUT2D eigenvalue weighted by Gasteiger charge is -2.10. The fraction of sp³-hybridized carbons (Fsp3) is 0.538. The second-order valence-electron chi connectivity index (χ2n) is 4.52. The van der Waals surface area contributed by atoms with Crippen molar-refractivity contribution in [1.82, 2.24) is 0 Å². The number of hydrogen-bond acceptors (Lipinski definition) is 4. The zero-order chi connectivity index (χ0) is 13.5. The van der Waals surface area contributed by atoms with Crippen LogP contribution in [0.3, 0.4) is 0 Å². The van der Waals surface area contributed by atoms with Crippen LogP contribution < -0.4 is 10.1 Å². The minimum Gasteiger partial charge on any atom is -0.494 e. The molecule has 1 N–H and O–H groups in total. The number of hydrogen-bond donors (Lipinski definition) is 1. The van der Waals surface area contributed by atoms with E-state index in [9.17, 15) is 10.1 Å². The normalized spacial score (nSPS) is 10.4. The SMILES string of the molecule is CCOc1cc(NCCC(C)C)cc([N+](=O)[O-])c1. The number of non-ortho nitro benzene ring substituents is 1. The van der Waals surface area contributed by atoms with Crippen molar-refractivity contribution in [2.75, 3.05) is 18.5 Å². The highest BCUT2D eigenvalue weighted by Gasteiger charge is 2.10. The van der Waals surface area contributed by atoms with Crippen LogP contribution in [0.5, 0.6) is 5.75 Å². The van der Waals surface area contributed by atoms with Gasteiger partial charge in [-0.1, -0.05) is 13.8 Å². The summed E-state index contributed by atoms with van der Waals surface area (Å²) in [6.07, 6.45) is 1.02. The van der Waals surface area contributed by atoms with Gasteiger partial charge in [-0.3, -0.25) is 10.1 Å². The number of anilines is 1. The standard InChI is InChI=1S/C13H20N2O3/c1-4-18-13-8-11(14-6-5-10(2)3)7-12(9-13)15(16)17/h7-10,14H,4-6H2,1-3H3. The molecule has 0 aromatic heterocycles. The molecule has 1 aromatic rings. The summed E-state index contributed by atoms with van der Waals surface area (Å²) >= 11 is 0. The Morgan fingerprint density at radius 2 is 2.11 bits per heavy atom. The van der Waals surface area contributed by atoms with Gasteiger partial charge in [0.25, 0.3) is 5.69 Å². The van der Waals surface area contributed by atoms with Gasteiger partial charge in [0.15, 0.2) is 0 Å². The third kappa shape index (κ3) is 4.61. The van der Waals surface area contributed by atoms with Crippen molar-refractivity contribution in [2.24, 2.45) is 5.92 Å². The molecule has 0 saturated carbocycles. The van der Waals surface area contributed by atoms with Crippen molar-refractivity contribution in [3.05, 3.63) is 28.3 Å². The highest BCUT2D eigenvalue weighted by Crippen LogP contribution is 2.26. The van der Waals surface area contributed by atoms with E-state index in [2.05, 4.69) is 19.2 Å². The molecule has 0 spiro atoms. The Kier molecular flexibility index (Phi) is 5.42. The van der Waals surface area contributed by atoms with Crippen LogP contribution in [0.4, 0.5) is 11.4 Å². The van der Waals surface area contributed by atoms with Crippen molar-refractivity contribution in [1.29, 1.82) is 0 Å². The highest BCUT2D eigenvalue weighted by atomic mass is 16.6. The summed E-state index contributed by atoms with van der Waals surface area (Å²) < 4.78 is 5.32. The molecule has 0 heterocycles. The lowest BCUT2D eigenvalue weighted by atomic mass is 10.1. The van der Waals surface area contributed by atoms with Gasteiger partial charge >= 0.3 is 0 Å². The monoisotopic (exact) mass is 252 g/mol. The average molecular weight is 252 g/mol. The van der Waals surface area contributed by atoms with E-state index in [1.807, 2.05) is 6.92 Å². The summed E-state index contributed by atoms with van der Waals surface area (Å²) in [6, 6.07) is 4.76. The molecule has 1 rings (SSSR count). The Morgan fingerprint density at radius 3 is 2.67 bits per heavy atom. The van der Waals surface area contributed by atoms with E-state index in [0.29, 0.717) is 18.3 Å². The first kappa shape index (κ1) is 14.3. The molecule has 0 unspecified atom stereocenters. The topological polar surface area (TPSA) is 64.4 Å². The minimum atomic E-state index is -0.407. The van der Waals surface area contributed by atoms with Gasteiger partial charge in [0.2, 0.25) is 0 Å². The molecule has 0 saturated heterocycles. The molecule has 0 aliphatic carbocycles. The van der Waals surface area contributed by atoms with E-state index in [0.717, 1.165) is 18.7 Å². The van der Waals surface area contributed by atoms with Crippen molar-refractivity contribution >= 4 is 11.4 Å². The number of nitro benzene ring substituents is 1. The summed E-state index contributed by atoms with van der Waals surface area (Å²) in [5.74, 6) is 1.13. The summed E-state index contributed by atoms with van der Waals surface area (Å²) in [5, 5.41) is 14.0. The van der Waals surface area contributed by atoms with Crippen LogP contribution in [0.2, 0.25) is 0 Å². The number of nitro groups is 1. The quantitative estimate of drug-likeness (QED) is 0.596. The number of ether oxygens (including phenoxy) is 1. The molecule has 5 heteroatoms. The fourth-order valence-electron chi connectivity index (χ4n) is 1.55. The first-order valence-electron chi connectivity index (χ1n) is 6.19. The number of rotatable bonds is 7. The van der Waals surface area contributed by atoms with E-state index in [4.69, 9.17) is 4.74 Å². The Morgan fingerprint density at radius 1 is 1.39 bits per heavy atom. The van der Waals surface area contributed by atoms with Crippen LogP contribution in [0.1, 0.15) is 27.2 Å². The molecule has 5 nitrogen and oxygen atoms in total. The minimum absolute atomic E-state index is 0.0491. The molecule has 0 amide bonds. The van der Waals surface area contributed by atoms with E-state index >= 15 is 0 Å². The summed E-state index contributed by atoms with van der Waals surface area (Å²) in [6.45, 7) is 7.42. The van der Waals surface area contributed by atoms with Crippen molar-refractivity contribution < 1.29 is 9.66 Å². The number of nitrogens with one attached hydrogen (secondary N) is 1. The van der Waals surface area contributed by atoms with Crippen LogP contribution in [0.25, 0.3) is 0 Å². The summed E-state index contributed by atoms with van der Waals surface area (Å²) in [4.78, 5) is 10.4. The van der Waals surface area contributed by atoms with E-state index in [1.54, 1.807) is 6.07 Å². The van der Waals surface area contributed by atoms with Gasteiger partial charge in [-0.15, -0.1) is 0 Å². The molecule has 0 aliphatic heterocycles. The molecule has 0 atom stereocenters. The van der Waals surface area contributed by atoms with Gasteiger partial charge in [-0.2, -0.15) is 0 Å². The van der Waals surface area contributed by atoms with Crippen LogP contribution in [0, 0.1) is 16.0 Å². The maximum Gasteiger partial charge on any atom is 0.275 e. The van der Waals surface area contributed by atoms with Crippen LogP contribution in [0.15, 0.2) is 18.2 Å². The Bertz CT molecular complexity index is 405. The predicted molar refractivity (Wildman–Crippen MR) is 72.2 cm³/mol. The van der Waals surface area contributed by atoms with Gasteiger partial charge in [0.1, 0.15) is 5.75 Å². The first-order chi connectivity index (χ1) is 8.52. The summed E-state index contributed by atoms with van der Waals surface area (Å²) in [7, 11) is 0. The zero-order valence-corrected chi connectivity index (χ0v) is 11.1. The van der Waals surface area contributed by atoms with Crippen molar-refractivity contribution in [2.45, 2.75) is 27.2 Å². The first-order valence-corrected chi connectivity index (χ1v) is 6.19. The van der Waals surface area contributed by atoms with E-state index in [1.165, 1.54) is 12.1 Å². The molecule has 0 fully saturated rings. The molecular weight excluding hydrogens is 232 g/mol. The molecule has 0 radical (unpaired) electrons. The van der Waals surface area contributed by atoms with Gasteiger partial charge in [0, 0.05) is 24.4 Å². The third-order valence-corrected chi connectivity index (χ3v) is 2.46. The van der Waals surface area contributed by atoms with Gasteiger partial charge in [-0.25, -0.2) is 0 Å². The van der Waals surface area contributed by atoms with Crippen LogP contribution in [-0.4, -0.2) is 18.1 Å². The zero-order valence-electron chi connectivity index (χ0n) is 11.1. The largest absolute Gasteiger partial charge is 0.494 e. The number of nitrogens with zero attached hydrogens (tertiary/aromatic N) is 1. The van der Waals surface area contributed by atoms with Crippen LogP contribution in [-0.2, 0) is 0 Å². The lowest BCUT2D eigenvalue weighted by Crippen LogP contribution is -2.05. The lowest BCUT2D eigenvalue weighted by molar-refractivity contribution is -0.384. The maximum absolute atomic E-state index is 10.8. The maximum atomic E-state index is 10.8.